The van der Waals surface area contributed by atoms with E-state index in [4.69, 9.17) is 0 Å². The van der Waals surface area contributed by atoms with Gasteiger partial charge in [0.1, 0.15) is 5.82 Å². The van der Waals surface area contributed by atoms with E-state index in [0.717, 1.165) is 17.5 Å². The molecule has 0 saturated carbocycles. The van der Waals surface area contributed by atoms with E-state index < -0.39 is 0 Å². The van der Waals surface area contributed by atoms with Gasteiger partial charge in [0.25, 0.3) is 0 Å². The summed E-state index contributed by atoms with van der Waals surface area (Å²) in [6, 6.07) is 14.2. The number of aryl methyl sites for hydroxylation is 1. The Hall–Kier alpha value is -1.67. The Balaban J connectivity index is 2.20. The van der Waals surface area contributed by atoms with Crippen LogP contribution in [0.1, 0.15) is 18.1 Å². The van der Waals surface area contributed by atoms with Crippen LogP contribution in [-0.2, 0) is 6.42 Å². The molecule has 1 N–H and O–H groups in total. The third kappa shape index (κ3) is 3.42. The van der Waals surface area contributed by atoms with Gasteiger partial charge in [0.15, 0.2) is 0 Å². The van der Waals surface area contributed by atoms with Gasteiger partial charge in [-0.3, -0.25) is 0 Å². The first-order chi connectivity index (χ1) is 9.10. The third-order valence-electron chi connectivity index (χ3n) is 3.48. The van der Waals surface area contributed by atoms with E-state index in [2.05, 4.69) is 36.5 Å². The van der Waals surface area contributed by atoms with E-state index >= 15 is 0 Å². The van der Waals surface area contributed by atoms with Gasteiger partial charge in [-0.1, -0.05) is 30.3 Å². The highest BCUT2D eigenvalue weighted by Gasteiger charge is 2.03. The number of hydrogen-bond acceptors (Lipinski definition) is 1. The van der Waals surface area contributed by atoms with Gasteiger partial charge in [-0.05, 0) is 61.7 Å². The zero-order valence-electron chi connectivity index (χ0n) is 11.7. The summed E-state index contributed by atoms with van der Waals surface area (Å²) in [5.74, 6) is -0.150. The monoisotopic (exact) mass is 257 g/mol. The maximum atomic E-state index is 13.3. The molecule has 1 atom stereocenters. The summed E-state index contributed by atoms with van der Waals surface area (Å²) in [7, 11) is 1.97. The number of hydrogen-bond donors (Lipinski definition) is 1. The van der Waals surface area contributed by atoms with Gasteiger partial charge in [0.05, 0.1) is 0 Å². The molecule has 100 valence electrons. The highest BCUT2D eigenvalue weighted by Crippen LogP contribution is 2.22. The standard InChI is InChI=1S/C17H20FN/c1-12-10-16(8-9-17(12)18)15-6-4-14(5-7-15)11-13(2)19-3/h4-10,13,19H,11H2,1-3H3. The second-order valence-electron chi connectivity index (χ2n) is 5.05. The Bertz CT molecular complexity index is 546. The molecule has 0 aromatic heterocycles. The lowest BCUT2D eigenvalue weighted by atomic mass is 10.00. The maximum absolute atomic E-state index is 13.3. The summed E-state index contributed by atoms with van der Waals surface area (Å²) in [5.41, 5.74) is 4.19. The fourth-order valence-electron chi connectivity index (χ4n) is 2.11. The number of halogens is 1. The first kappa shape index (κ1) is 13.8. The molecule has 2 heteroatoms. The predicted octanol–water partition coefficient (Wildman–Crippen LogP) is 3.95. The molecule has 0 aliphatic rings. The lowest BCUT2D eigenvalue weighted by molar-refractivity contribution is 0.608. The molecular weight excluding hydrogens is 237 g/mol. The summed E-state index contributed by atoms with van der Waals surface area (Å²) in [6.07, 6.45) is 1.01. The van der Waals surface area contributed by atoms with Crippen LogP contribution >= 0.6 is 0 Å². The van der Waals surface area contributed by atoms with Crippen LogP contribution in [0.2, 0.25) is 0 Å². The fraction of sp³-hybridized carbons (Fsp3) is 0.294. The van der Waals surface area contributed by atoms with Crippen LogP contribution in [-0.4, -0.2) is 13.1 Å². The van der Waals surface area contributed by atoms with Gasteiger partial charge in [0, 0.05) is 6.04 Å². The van der Waals surface area contributed by atoms with Crippen molar-refractivity contribution in [2.75, 3.05) is 7.05 Å². The molecule has 0 bridgehead atoms. The highest BCUT2D eigenvalue weighted by molar-refractivity contribution is 5.64. The zero-order valence-corrected chi connectivity index (χ0v) is 11.7. The second-order valence-corrected chi connectivity index (χ2v) is 5.05. The molecule has 0 spiro atoms. The molecule has 0 saturated heterocycles. The molecule has 2 rings (SSSR count). The largest absolute Gasteiger partial charge is 0.317 e. The average Bonchev–Trinajstić information content (AvgIpc) is 2.42. The van der Waals surface area contributed by atoms with E-state index in [1.165, 1.54) is 11.6 Å². The van der Waals surface area contributed by atoms with Crippen molar-refractivity contribution in [3.05, 3.63) is 59.4 Å². The minimum atomic E-state index is -0.150. The van der Waals surface area contributed by atoms with Crippen LogP contribution in [0.25, 0.3) is 11.1 Å². The molecule has 2 aromatic rings. The van der Waals surface area contributed by atoms with Crippen molar-refractivity contribution in [3.63, 3.8) is 0 Å². The summed E-state index contributed by atoms with van der Waals surface area (Å²) in [6.45, 7) is 3.96. The van der Waals surface area contributed by atoms with Crippen LogP contribution < -0.4 is 5.32 Å². The Morgan fingerprint density at radius 3 is 2.26 bits per heavy atom. The van der Waals surface area contributed by atoms with Crippen LogP contribution in [0.15, 0.2) is 42.5 Å². The second kappa shape index (κ2) is 5.98. The molecule has 1 unspecified atom stereocenters. The first-order valence-electron chi connectivity index (χ1n) is 6.63. The van der Waals surface area contributed by atoms with Crippen LogP contribution in [0.5, 0.6) is 0 Å². The van der Waals surface area contributed by atoms with E-state index in [1.807, 2.05) is 19.2 Å². The molecule has 0 aliphatic heterocycles. The molecule has 0 radical (unpaired) electrons. The van der Waals surface area contributed by atoms with E-state index in [9.17, 15) is 4.39 Å². The van der Waals surface area contributed by atoms with Crippen LogP contribution in [0, 0.1) is 12.7 Å². The highest BCUT2D eigenvalue weighted by atomic mass is 19.1. The smallest absolute Gasteiger partial charge is 0.126 e. The van der Waals surface area contributed by atoms with Gasteiger partial charge < -0.3 is 5.32 Å². The van der Waals surface area contributed by atoms with Crippen molar-refractivity contribution >= 4 is 0 Å². The number of rotatable bonds is 4. The first-order valence-corrected chi connectivity index (χ1v) is 6.63. The normalized spacial score (nSPS) is 12.4. The van der Waals surface area contributed by atoms with Crippen LogP contribution in [0.3, 0.4) is 0 Å². The Morgan fingerprint density at radius 2 is 1.68 bits per heavy atom. The Kier molecular flexibility index (Phi) is 4.33. The molecule has 0 heterocycles. The van der Waals surface area contributed by atoms with Gasteiger partial charge in [0.2, 0.25) is 0 Å². The number of benzene rings is 2. The topological polar surface area (TPSA) is 12.0 Å². The number of nitrogens with one attached hydrogen (secondary N) is 1. The summed E-state index contributed by atoms with van der Waals surface area (Å²) in [5, 5.41) is 3.23. The fourth-order valence-corrected chi connectivity index (χ4v) is 2.11. The lowest BCUT2D eigenvalue weighted by Crippen LogP contribution is -2.23. The van der Waals surface area contributed by atoms with E-state index in [-0.39, 0.29) is 5.82 Å². The minimum Gasteiger partial charge on any atom is -0.317 e. The SMILES string of the molecule is CNC(C)Cc1ccc(-c2ccc(F)c(C)c2)cc1. The van der Waals surface area contributed by atoms with Gasteiger partial charge in [-0.2, -0.15) is 0 Å². The van der Waals surface area contributed by atoms with Gasteiger partial charge in [-0.25, -0.2) is 4.39 Å². The van der Waals surface area contributed by atoms with Crippen molar-refractivity contribution < 1.29 is 4.39 Å². The molecular formula is C17H20FN. The molecule has 2 aromatic carbocycles. The van der Waals surface area contributed by atoms with Crippen molar-refractivity contribution in [1.29, 1.82) is 0 Å². The van der Waals surface area contributed by atoms with Crippen molar-refractivity contribution in [3.8, 4) is 11.1 Å². The summed E-state index contributed by atoms with van der Waals surface area (Å²) >= 11 is 0. The van der Waals surface area contributed by atoms with Gasteiger partial charge in [-0.15, -0.1) is 0 Å². The summed E-state index contributed by atoms with van der Waals surface area (Å²) < 4.78 is 13.3. The molecule has 19 heavy (non-hydrogen) atoms. The summed E-state index contributed by atoms with van der Waals surface area (Å²) in [4.78, 5) is 0. The Morgan fingerprint density at radius 1 is 1.05 bits per heavy atom. The lowest BCUT2D eigenvalue weighted by Gasteiger charge is -2.10. The van der Waals surface area contributed by atoms with E-state index in [0.29, 0.717) is 11.6 Å². The molecule has 0 amide bonds. The van der Waals surface area contributed by atoms with Crippen molar-refractivity contribution in [2.45, 2.75) is 26.3 Å². The van der Waals surface area contributed by atoms with Gasteiger partial charge >= 0.3 is 0 Å². The molecule has 0 aliphatic carbocycles. The Labute approximate surface area is 114 Å². The predicted molar refractivity (Wildman–Crippen MR) is 78.8 cm³/mol. The van der Waals surface area contributed by atoms with Crippen LogP contribution in [0.4, 0.5) is 4.39 Å². The van der Waals surface area contributed by atoms with E-state index in [1.54, 1.807) is 6.92 Å². The quantitative estimate of drug-likeness (QED) is 0.874. The minimum absolute atomic E-state index is 0.150. The molecule has 1 nitrogen and oxygen atoms in total. The maximum Gasteiger partial charge on any atom is 0.126 e. The number of likely N-dealkylation sites (N-methyl/N-ethyl adjacent to an activating group) is 1. The third-order valence-corrected chi connectivity index (χ3v) is 3.48. The van der Waals surface area contributed by atoms with Crippen molar-refractivity contribution in [1.82, 2.24) is 5.32 Å². The molecule has 0 fully saturated rings. The van der Waals surface area contributed by atoms with Crippen molar-refractivity contribution in [2.24, 2.45) is 0 Å². The zero-order chi connectivity index (χ0) is 13.8. The average molecular weight is 257 g/mol.